The van der Waals surface area contributed by atoms with Crippen molar-refractivity contribution in [1.29, 1.82) is 0 Å². The molecule has 0 bridgehead atoms. The first-order valence-corrected chi connectivity index (χ1v) is 9.59. The number of rotatable bonds is 4. The molecule has 144 valence electrons. The molecule has 3 aromatic rings. The number of nitrogens with one attached hydrogen (secondary N) is 1. The van der Waals surface area contributed by atoms with E-state index in [1.54, 1.807) is 18.2 Å². The number of alkyl halides is 3. The van der Waals surface area contributed by atoms with Gasteiger partial charge in [-0.15, -0.1) is 0 Å². The zero-order valence-corrected chi connectivity index (χ0v) is 15.5. The molecule has 4 heteroatoms. The van der Waals surface area contributed by atoms with E-state index >= 15 is 0 Å². The van der Waals surface area contributed by atoms with Crippen LogP contribution in [-0.4, -0.2) is 0 Å². The number of benzene rings is 3. The molecule has 0 unspecified atom stereocenters. The van der Waals surface area contributed by atoms with Gasteiger partial charge in [-0.3, -0.25) is 0 Å². The standard InChI is InChI=1S/C24H22F3N/c25-24(26,27)22-10-4-3-8-20(22)19-14-12-17(13-15-19)16-28-23-11-5-7-18-6-1-2-9-21(18)23/h1-4,6,8-10,12-15,23,28H,5,7,11,16H2/t23-/m0/s1. The third-order valence-electron chi connectivity index (χ3n) is 5.42. The summed E-state index contributed by atoms with van der Waals surface area (Å²) in [6.45, 7) is 0.695. The normalized spacial score (nSPS) is 16.6. The third-order valence-corrected chi connectivity index (χ3v) is 5.42. The summed E-state index contributed by atoms with van der Waals surface area (Å²) >= 11 is 0. The quantitative estimate of drug-likeness (QED) is 0.541. The first-order valence-electron chi connectivity index (χ1n) is 9.59. The fourth-order valence-corrected chi connectivity index (χ4v) is 3.99. The lowest BCUT2D eigenvalue weighted by Crippen LogP contribution is -2.24. The lowest BCUT2D eigenvalue weighted by atomic mass is 9.87. The van der Waals surface area contributed by atoms with Crippen LogP contribution < -0.4 is 5.32 Å². The number of aryl methyl sites for hydroxylation is 1. The second-order valence-electron chi connectivity index (χ2n) is 7.26. The molecule has 1 atom stereocenters. The van der Waals surface area contributed by atoms with Crippen molar-refractivity contribution >= 4 is 0 Å². The smallest absolute Gasteiger partial charge is 0.306 e. The van der Waals surface area contributed by atoms with Gasteiger partial charge in [-0.05, 0) is 53.1 Å². The summed E-state index contributed by atoms with van der Waals surface area (Å²) in [5, 5.41) is 3.61. The zero-order chi connectivity index (χ0) is 19.6. The molecule has 0 saturated heterocycles. The van der Waals surface area contributed by atoms with E-state index in [2.05, 4.69) is 29.6 Å². The van der Waals surface area contributed by atoms with Crippen LogP contribution in [0.3, 0.4) is 0 Å². The summed E-state index contributed by atoms with van der Waals surface area (Å²) < 4.78 is 39.8. The average molecular weight is 381 g/mol. The molecule has 0 spiro atoms. The van der Waals surface area contributed by atoms with Crippen molar-refractivity contribution in [3.05, 3.63) is 95.1 Å². The van der Waals surface area contributed by atoms with Gasteiger partial charge in [0.15, 0.2) is 0 Å². The molecule has 1 aliphatic rings. The minimum Gasteiger partial charge on any atom is -0.306 e. The van der Waals surface area contributed by atoms with Crippen LogP contribution >= 0.6 is 0 Å². The molecule has 4 rings (SSSR count). The first kappa shape index (κ1) is 18.8. The van der Waals surface area contributed by atoms with Crippen LogP contribution in [0.5, 0.6) is 0 Å². The van der Waals surface area contributed by atoms with E-state index in [1.165, 1.54) is 29.7 Å². The molecule has 0 amide bonds. The van der Waals surface area contributed by atoms with Crippen molar-refractivity contribution < 1.29 is 13.2 Å². The highest BCUT2D eigenvalue weighted by molar-refractivity contribution is 5.68. The van der Waals surface area contributed by atoms with Crippen molar-refractivity contribution in [1.82, 2.24) is 5.32 Å². The Morgan fingerprint density at radius 3 is 2.36 bits per heavy atom. The van der Waals surface area contributed by atoms with Gasteiger partial charge in [0.1, 0.15) is 0 Å². The second kappa shape index (κ2) is 7.80. The minimum atomic E-state index is -4.36. The maximum atomic E-state index is 13.3. The van der Waals surface area contributed by atoms with Gasteiger partial charge in [-0.2, -0.15) is 13.2 Å². The molecule has 1 nitrogen and oxygen atoms in total. The predicted molar refractivity (Wildman–Crippen MR) is 106 cm³/mol. The van der Waals surface area contributed by atoms with Crippen LogP contribution in [0.25, 0.3) is 11.1 Å². The summed E-state index contributed by atoms with van der Waals surface area (Å²) in [6.07, 6.45) is -0.956. The predicted octanol–water partition coefficient (Wildman–Crippen LogP) is 6.54. The van der Waals surface area contributed by atoms with E-state index < -0.39 is 11.7 Å². The molecule has 1 N–H and O–H groups in total. The molecule has 0 aliphatic heterocycles. The maximum Gasteiger partial charge on any atom is 0.417 e. The number of halogens is 3. The largest absolute Gasteiger partial charge is 0.417 e. The lowest BCUT2D eigenvalue weighted by molar-refractivity contribution is -0.137. The summed E-state index contributed by atoms with van der Waals surface area (Å²) in [6, 6.07) is 21.9. The van der Waals surface area contributed by atoms with Gasteiger partial charge >= 0.3 is 6.18 Å². The van der Waals surface area contributed by atoms with E-state index in [9.17, 15) is 13.2 Å². The Kier molecular flexibility index (Phi) is 5.23. The Morgan fingerprint density at radius 1 is 0.857 bits per heavy atom. The fraction of sp³-hybridized carbons (Fsp3) is 0.250. The molecule has 0 saturated carbocycles. The lowest BCUT2D eigenvalue weighted by Gasteiger charge is -2.26. The Morgan fingerprint density at radius 2 is 1.57 bits per heavy atom. The van der Waals surface area contributed by atoms with Crippen molar-refractivity contribution in [3.8, 4) is 11.1 Å². The zero-order valence-electron chi connectivity index (χ0n) is 15.5. The van der Waals surface area contributed by atoms with Crippen LogP contribution in [0, 0.1) is 0 Å². The molecule has 3 aromatic carbocycles. The second-order valence-corrected chi connectivity index (χ2v) is 7.26. The topological polar surface area (TPSA) is 12.0 Å². The summed E-state index contributed by atoms with van der Waals surface area (Å²) in [5.74, 6) is 0. The van der Waals surface area contributed by atoms with Crippen molar-refractivity contribution in [2.45, 2.75) is 38.0 Å². The monoisotopic (exact) mass is 381 g/mol. The summed E-state index contributed by atoms with van der Waals surface area (Å²) in [5.41, 5.74) is 4.04. The van der Waals surface area contributed by atoms with Gasteiger partial charge in [-0.25, -0.2) is 0 Å². The van der Waals surface area contributed by atoms with Gasteiger partial charge in [0.05, 0.1) is 5.56 Å². The molecule has 0 fully saturated rings. The molecule has 1 aliphatic carbocycles. The summed E-state index contributed by atoms with van der Waals surface area (Å²) in [7, 11) is 0. The minimum absolute atomic E-state index is 0.218. The van der Waals surface area contributed by atoms with E-state index in [0.717, 1.165) is 24.5 Å². The van der Waals surface area contributed by atoms with Crippen molar-refractivity contribution in [2.75, 3.05) is 0 Å². The average Bonchev–Trinajstić information content (AvgIpc) is 2.72. The Labute approximate surface area is 163 Å². The Balaban J connectivity index is 1.48. The molecule has 0 radical (unpaired) electrons. The van der Waals surface area contributed by atoms with Crippen molar-refractivity contribution in [3.63, 3.8) is 0 Å². The van der Waals surface area contributed by atoms with E-state index in [0.29, 0.717) is 18.2 Å². The van der Waals surface area contributed by atoms with Crippen LogP contribution in [0.4, 0.5) is 13.2 Å². The van der Waals surface area contributed by atoms with E-state index in [-0.39, 0.29) is 5.56 Å². The Hall–Kier alpha value is -2.59. The van der Waals surface area contributed by atoms with Crippen LogP contribution in [0.1, 0.15) is 41.1 Å². The SMILES string of the molecule is FC(F)(F)c1ccccc1-c1ccc(CN[C@H]2CCCc3ccccc32)cc1. The van der Waals surface area contributed by atoms with Crippen LogP contribution in [-0.2, 0) is 19.1 Å². The van der Waals surface area contributed by atoms with Crippen molar-refractivity contribution in [2.24, 2.45) is 0 Å². The first-order chi connectivity index (χ1) is 13.5. The number of fused-ring (bicyclic) bond motifs is 1. The number of hydrogen-bond acceptors (Lipinski definition) is 1. The van der Waals surface area contributed by atoms with E-state index in [4.69, 9.17) is 0 Å². The molecule has 0 aromatic heterocycles. The highest BCUT2D eigenvalue weighted by Gasteiger charge is 2.33. The van der Waals surface area contributed by atoms with Gasteiger partial charge in [0, 0.05) is 12.6 Å². The Bertz CT molecular complexity index is 945. The van der Waals surface area contributed by atoms with Gasteiger partial charge in [-0.1, -0.05) is 66.7 Å². The maximum absolute atomic E-state index is 13.3. The number of hydrogen-bond donors (Lipinski definition) is 1. The van der Waals surface area contributed by atoms with Gasteiger partial charge < -0.3 is 5.32 Å². The highest BCUT2D eigenvalue weighted by atomic mass is 19.4. The molecule has 28 heavy (non-hydrogen) atoms. The third kappa shape index (κ3) is 3.97. The summed E-state index contributed by atoms with van der Waals surface area (Å²) in [4.78, 5) is 0. The molecular weight excluding hydrogens is 359 g/mol. The highest BCUT2D eigenvalue weighted by Crippen LogP contribution is 2.37. The molecule has 0 heterocycles. The van der Waals surface area contributed by atoms with E-state index in [1.807, 2.05) is 12.1 Å². The fourth-order valence-electron chi connectivity index (χ4n) is 3.99. The molecular formula is C24H22F3N. The van der Waals surface area contributed by atoms with Crippen LogP contribution in [0.2, 0.25) is 0 Å². The van der Waals surface area contributed by atoms with Gasteiger partial charge in [0.2, 0.25) is 0 Å². The van der Waals surface area contributed by atoms with Gasteiger partial charge in [0.25, 0.3) is 0 Å². The van der Waals surface area contributed by atoms with Crippen LogP contribution in [0.15, 0.2) is 72.8 Å².